The molecule has 3 N–H and O–H groups in total. The molecule has 1 aromatic heterocycles. The summed E-state index contributed by atoms with van der Waals surface area (Å²) in [6, 6.07) is 9.26. The highest BCUT2D eigenvalue weighted by molar-refractivity contribution is 7.10. The predicted molar refractivity (Wildman–Crippen MR) is 86.8 cm³/mol. The van der Waals surface area contributed by atoms with Crippen LogP contribution in [-0.4, -0.2) is 13.0 Å². The minimum absolute atomic E-state index is 0.0219. The molecule has 2 rings (SSSR count). The van der Waals surface area contributed by atoms with E-state index in [1.165, 1.54) is 7.11 Å². The summed E-state index contributed by atoms with van der Waals surface area (Å²) in [5, 5.41) is 5.09. The van der Waals surface area contributed by atoms with Crippen LogP contribution in [0.4, 0.5) is 5.69 Å². The second-order valence-electron chi connectivity index (χ2n) is 4.76. The lowest BCUT2D eigenvalue weighted by molar-refractivity contribution is 0.0932. The monoisotopic (exact) mass is 304 g/mol. The average Bonchev–Trinajstić information content (AvgIpc) is 3.00. The highest BCUT2D eigenvalue weighted by Crippen LogP contribution is 2.28. The maximum Gasteiger partial charge on any atom is 0.255 e. The zero-order chi connectivity index (χ0) is 15.2. The van der Waals surface area contributed by atoms with Gasteiger partial charge in [0.05, 0.1) is 24.4 Å². The second kappa shape index (κ2) is 7.13. The van der Waals surface area contributed by atoms with E-state index in [1.807, 2.05) is 17.5 Å². The van der Waals surface area contributed by atoms with Gasteiger partial charge >= 0.3 is 0 Å². The topological polar surface area (TPSA) is 64.4 Å². The molecular formula is C16H20N2O2S. The number of amides is 1. The molecule has 5 heteroatoms. The van der Waals surface area contributed by atoms with E-state index in [-0.39, 0.29) is 11.9 Å². The summed E-state index contributed by atoms with van der Waals surface area (Å²) >= 11 is 1.65. The smallest absolute Gasteiger partial charge is 0.255 e. The van der Waals surface area contributed by atoms with Crippen LogP contribution in [0, 0.1) is 0 Å². The largest absolute Gasteiger partial charge is 0.494 e. The molecule has 0 aliphatic rings. The van der Waals surface area contributed by atoms with Crippen molar-refractivity contribution in [2.75, 3.05) is 12.8 Å². The number of nitrogens with two attached hydrogens (primary N) is 1. The number of nitrogens with one attached hydrogen (secondary N) is 1. The molecule has 1 amide bonds. The van der Waals surface area contributed by atoms with Crippen LogP contribution in [0.25, 0.3) is 0 Å². The van der Waals surface area contributed by atoms with Gasteiger partial charge in [-0.3, -0.25) is 4.79 Å². The van der Waals surface area contributed by atoms with E-state index in [9.17, 15) is 4.79 Å². The Morgan fingerprint density at radius 3 is 2.81 bits per heavy atom. The fourth-order valence-corrected chi connectivity index (χ4v) is 3.07. The maximum atomic E-state index is 12.5. The highest BCUT2D eigenvalue weighted by atomic mass is 32.1. The molecule has 112 valence electrons. The van der Waals surface area contributed by atoms with E-state index in [4.69, 9.17) is 10.5 Å². The fourth-order valence-electron chi connectivity index (χ4n) is 2.26. The van der Waals surface area contributed by atoms with E-state index < -0.39 is 0 Å². The first-order chi connectivity index (χ1) is 10.2. The lowest BCUT2D eigenvalue weighted by atomic mass is 10.1. The number of carbonyl (C=O) groups is 1. The zero-order valence-corrected chi connectivity index (χ0v) is 13.1. The third-order valence-corrected chi connectivity index (χ3v) is 4.25. The number of hydrogen-bond donors (Lipinski definition) is 2. The number of methoxy groups -OCH3 is 1. The highest BCUT2D eigenvalue weighted by Gasteiger charge is 2.19. The molecule has 0 fully saturated rings. The van der Waals surface area contributed by atoms with Crippen LogP contribution in [0.3, 0.4) is 0 Å². The molecule has 1 atom stereocenters. The third-order valence-electron chi connectivity index (χ3n) is 3.26. The standard InChI is InChI=1S/C16H20N2O2S/c1-3-6-13(14-9-5-10-21-14)18-16(19)11-7-4-8-12(17)15(11)20-2/h4-5,7-10,13H,3,6,17H2,1-2H3,(H,18,19). The normalized spacial score (nSPS) is 11.9. The molecule has 0 saturated carbocycles. The van der Waals surface area contributed by atoms with E-state index in [0.29, 0.717) is 17.0 Å². The van der Waals surface area contributed by atoms with Crippen LogP contribution < -0.4 is 15.8 Å². The summed E-state index contributed by atoms with van der Waals surface area (Å²) in [5.41, 5.74) is 6.78. The van der Waals surface area contributed by atoms with Crippen molar-refractivity contribution in [3.8, 4) is 5.75 Å². The van der Waals surface area contributed by atoms with Gasteiger partial charge < -0.3 is 15.8 Å². The number of anilines is 1. The van der Waals surface area contributed by atoms with Crippen molar-refractivity contribution in [3.05, 3.63) is 46.2 Å². The molecule has 0 aliphatic carbocycles. The lowest BCUT2D eigenvalue weighted by Gasteiger charge is -2.18. The van der Waals surface area contributed by atoms with Gasteiger partial charge in [-0.25, -0.2) is 0 Å². The summed E-state index contributed by atoms with van der Waals surface area (Å²) in [5.74, 6) is 0.266. The van der Waals surface area contributed by atoms with Crippen LogP contribution >= 0.6 is 11.3 Å². The first kappa shape index (κ1) is 15.4. The number of rotatable bonds is 6. The number of thiophene rings is 1. The molecule has 0 aliphatic heterocycles. The Labute approximate surface area is 128 Å². The molecule has 0 saturated heterocycles. The Balaban J connectivity index is 2.22. The summed E-state index contributed by atoms with van der Waals surface area (Å²) in [4.78, 5) is 13.7. The minimum Gasteiger partial charge on any atom is -0.494 e. The Hall–Kier alpha value is -2.01. The van der Waals surface area contributed by atoms with Gasteiger partial charge in [-0.1, -0.05) is 25.5 Å². The van der Waals surface area contributed by atoms with Crippen LogP contribution in [0.5, 0.6) is 5.75 Å². The third kappa shape index (κ3) is 3.55. The predicted octanol–water partition coefficient (Wildman–Crippen LogP) is 3.61. The first-order valence-electron chi connectivity index (χ1n) is 6.94. The van der Waals surface area contributed by atoms with Gasteiger partial charge in [-0.15, -0.1) is 11.3 Å². The number of para-hydroxylation sites is 1. The molecule has 21 heavy (non-hydrogen) atoms. The molecule has 2 aromatic rings. The molecule has 0 radical (unpaired) electrons. The molecule has 4 nitrogen and oxygen atoms in total. The molecule has 1 heterocycles. The minimum atomic E-state index is -0.161. The molecule has 1 aromatic carbocycles. The quantitative estimate of drug-likeness (QED) is 0.801. The van der Waals surface area contributed by atoms with E-state index >= 15 is 0 Å². The van der Waals surface area contributed by atoms with Crippen molar-refractivity contribution < 1.29 is 9.53 Å². The molecule has 0 spiro atoms. The first-order valence-corrected chi connectivity index (χ1v) is 7.82. The van der Waals surface area contributed by atoms with Gasteiger partial charge in [0.15, 0.2) is 5.75 Å². The zero-order valence-electron chi connectivity index (χ0n) is 12.3. The van der Waals surface area contributed by atoms with E-state index in [1.54, 1.807) is 29.5 Å². The average molecular weight is 304 g/mol. The Kier molecular flexibility index (Phi) is 5.22. The van der Waals surface area contributed by atoms with Crippen LogP contribution in [0.15, 0.2) is 35.7 Å². The van der Waals surface area contributed by atoms with Crippen molar-refractivity contribution in [3.63, 3.8) is 0 Å². The van der Waals surface area contributed by atoms with Gasteiger partial charge in [0.25, 0.3) is 5.91 Å². The Morgan fingerprint density at radius 1 is 1.38 bits per heavy atom. The number of hydrogen-bond acceptors (Lipinski definition) is 4. The molecular weight excluding hydrogens is 284 g/mol. The second-order valence-corrected chi connectivity index (χ2v) is 5.74. The van der Waals surface area contributed by atoms with Crippen molar-refractivity contribution >= 4 is 22.9 Å². The summed E-state index contributed by atoms with van der Waals surface area (Å²) in [7, 11) is 1.52. The van der Waals surface area contributed by atoms with E-state index in [0.717, 1.165) is 17.7 Å². The van der Waals surface area contributed by atoms with Gasteiger partial charge in [-0.05, 0) is 30.0 Å². The summed E-state index contributed by atoms with van der Waals surface area (Å²) in [6.45, 7) is 2.11. The molecule has 0 bridgehead atoms. The lowest BCUT2D eigenvalue weighted by Crippen LogP contribution is -2.28. The Bertz CT molecular complexity index is 596. The van der Waals surface area contributed by atoms with Crippen molar-refractivity contribution in [1.29, 1.82) is 0 Å². The van der Waals surface area contributed by atoms with Gasteiger partial charge in [0.1, 0.15) is 0 Å². The van der Waals surface area contributed by atoms with Crippen molar-refractivity contribution in [1.82, 2.24) is 5.32 Å². The Morgan fingerprint density at radius 2 is 2.19 bits per heavy atom. The SMILES string of the molecule is CCCC(NC(=O)c1cccc(N)c1OC)c1cccs1. The van der Waals surface area contributed by atoms with Crippen LogP contribution in [0.1, 0.15) is 41.0 Å². The van der Waals surface area contributed by atoms with Gasteiger partial charge in [0, 0.05) is 4.88 Å². The van der Waals surface area contributed by atoms with Gasteiger partial charge in [-0.2, -0.15) is 0 Å². The molecule has 1 unspecified atom stereocenters. The van der Waals surface area contributed by atoms with E-state index in [2.05, 4.69) is 12.2 Å². The number of nitrogen functional groups attached to an aromatic ring is 1. The van der Waals surface area contributed by atoms with Crippen molar-refractivity contribution in [2.24, 2.45) is 0 Å². The summed E-state index contributed by atoms with van der Waals surface area (Å²) < 4.78 is 5.25. The fraction of sp³-hybridized carbons (Fsp3) is 0.312. The number of carbonyl (C=O) groups excluding carboxylic acids is 1. The van der Waals surface area contributed by atoms with Gasteiger partial charge in [0.2, 0.25) is 0 Å². The maximum absolute atomic E-state index is 12.5. The van der Waals surface area contributed by atoms with Crippen LogP contribution in [-0.2, 0) is 0 Å². The van der Waals surface area contributed by atoms with Crippen molar-refractivity contribution in [2.45, 2.75) is 25.8 Å². The van der Waals surface area contributed by atoms with Crippen LogP contribution in [0.2, 0.25) is 0 Å². The number of benzene rings is 1. The number of ether oxygens (including phenoxy) is 1. The summed E-state index contributed by atoms with van der Waals surface area (Å²) in [6.07, 6.45) is 1.90.